The van der Waals surface area contributed by atoms with Gasteiger partial charge in [0.2, 0.25) is 5.13 Å². The van der Waals surface area contributed by atoms with E-state index in [2.05, 4.69) is 37.0 Å². The van der Waals surface area contributed by atoms with Gasteiger partial charge < -0.3 is 10.5 Å². The van der Waals surface area contributed by atoms with Crippen molar-refractivity contribution in [3.05, 3.63) is 33.8 Å². The van der Waals surface area contributed by atoms with Crippen molar-refractivity contribution in [3.63, 3.8) is 0 Å². The summed E-state index contributed by atoms with van der Waals surface area (Å²) in [6, 6.07) is 4.18. The minimum atomic E-state index is 0.415. The summed E-state index contributed by atoms with van der Waals surface area (Å²) >= 11 is 1.35. The number of aryl methyl sites for hydroxylation is 2. The van der Waals surface area contributed by atoms with Crippen molar-refractivity contribution >= 4 is 16.5 Å². The van der Waals surface area contributed by atoms with Crippen LogP contribution in [0.4, 0.5) is 5.13 Å². The Morgan fingerprint density at radius 2 is 2.00 bits per heavy atom. The lowest BCUT2D eigenvalue weighted by molar-refractivity contribution is 0.302. The van der Waals surface area contributed by atoms with E-state index in [-0.39, 0.29) is 0 Å². The van der Waals surface area contributed by atoms with Crippen LogP contribution in [0.2, 0.25) is 0 Å². The maximum absolute atomic E-state index is 5.75. The quantitative estimate of drug-likeness (QED) is 0.908. The number of nitrogen functional groups attached to an aromatic ring is 1. The summed E-state index contributed by atoms with van der Waals surface area (Å²) in [6.07, 6.45) is 0. The fourth-order valence-corrected chi connectivity index (χ4v) is 2.14. The van der Waals surface area contributed by atoms with Gasteiger partial charge in [0.1, 0.15) is 12.4 Å². The van der Waals surface area contributed by atoms with E-state index in [9.17, 15) is 0 Å². The van der Waals surface area contributed by atoms with Gasteiger partial charge in [-0.25, -0.2) is 0 Å². The third-order valence-electron chi connectivity index (χ3n) is 2.60. The van der Waals surface area contributed by atoms with E-state index in [0.29, 0.717) is 11.7 Å². The van der Waals surface area contributed by atoms with Crippen LogP contribution in [0.5, 0.6) is 5.75 Å². The van der Waals surface area contributed by atoms with Crippen LogP contribution in [0.15, 0.2) is 12.1 Å². The first-order chi connectivity index (χ1) is 8.06. The number of hydrogen-bond acceptors (Lipinski definition) is 5. The van der Waals surface area contributed by atoms with Gasteiger partial charge in [0, 0.05) is 0 Å². The zero-order valence-electron chi connectivity index (χ0n) is 10.2. The summed E-state index contributed by atoms with van der Waals surface area (Å²) in [7, 11) is 0. The second kappa shape index (κ2) is 4.71. The van der Waals surface area contributed by atoms with E-state index in [1.165, 1.54) is 22.5 Å². The standard InChI is InChI=1S/C12H15N3OS/c1-7-4-8(2)9(3)10(5-7)16-6-11-14-15-12(13)17-11/h4-5H,6H2,1-3H3,(H2,13,15). The third-order valence-corrected chi connectivity index (χ3v) is 3.32. The molecule has 0 aliphatic rings. The molecule has 0 saturated heterocycles. The van der Waals surface area contributed by atoms with E-state index >= 15 is 0 Å². The average Bonchev–Trinajstić information content (AvgIpc) is 2.67. The van der Waals surface area contributed by atoms with E-state index < -0.39 is 0 Å². The molecule has 0 fully saturated rings. The van der Waals surface area contributed by atoms with Crippen molar-refractivity contribution in [2.45, 2.75) is 27.4 Å². The fourth-order valence-electron chi connectivity index (χ4n) is 1.62. The maximum atomic E-state index is 5.75. The van der Waals surface area contributed by atoms with Crippen LogP contribution in [0.25, 0.3) is 0 Å². The molecule has 0 radical (unpaired) electrons. The lowest BCUT2D eigenvalue weighted by Gasteiger charge is -2.11. The van der Waals surface area contributed by atoms with Gasteiger partial charge in [0.25, 0.3) is 0 Å². The van der Waals surface area contributed by atoms with E-state index in [1.54, 1.807) is 0 Å². The van der Waals surface area contributed by atoms with Crippen molar-refractivity contribution in [2.24, 2.45) is 0 Å². The van der Waals surface area contributed by atoms with E-state index in [1.807, 2.05) is 6.07 Å². The van der Waals surface area contributed by atoms with Gasteiger partial charge in [-0.2, -0.15) is 0 Å². The molecule has 17 heavy (non-hydrogen) atoms. The van der Waals surface area contributed by atoms with Gasteiger partial charge in [0.05, 0.1) is 0 Å². The zero-order chi connectivity index (χ0) is 12.4. The van der Waals surface area contributed by atoms with Crippen LogP contribution in [-0.2, 0) is 6.61 Å². The second-order valence-corrected chi connectivity index (χ2v) is 5.12. The number of rotatable bonds is 3. The molecule has 0 aliphatic heterocycles. The molecule has 0 spiro atoms. The predicted octanol–water partition coefficient (Wildman–Crippen LogP) is 2.62. The lowest BCUT2D eigenvalue weighted by atomic mass is 10.1. The first-order valence-corrected chi connectivity index (χ1v) is 6.16. The minimum absolute atomic E-state index is 0.415. The van der Waals surface area contributed by atoms with Crippen molar-refractivity contribution < 1.29 is 4.74 Å². The average molecular weight is 249 g/mol. The van der Waals surface area contributed by atoms with Gasteiger partial charge >= 0.3 is 0 Å². The monoisotopic (exact) mass is 249 g/mol. The Morgan fingerprint density at radius 1 is 1.24 bits per heavy atom. The summed E-state index contributed by atoms with van der Waals surface area (Å²) < 4.78 is 5.75. The fraction of sp³-hybridized carbons (Fsp3) is 0.333. The number of ether oxygens (including phenoxy) is 1. The van der Waals surface area contributed by atoms with Gasteiger partial charge in [-0.1, -0.05) is 17.4 Å². The zero-order valence-corrected chi connectivity index (χ0v) is 11.0. The topological polar surface area (TPSA) is 61.0 Å². The summed E-state index contributed by atoms with van der Waals surface area (Å²) in [5.74, 6) is 0.899. The molecule has 1 heterocycles. The van der Waals surface area contributed by atoms with Crippen molar-refractivity contribution in [1.29, 1.82) is 0 Å². The highest BCUT2D eigenvalue weighted by molar-refractivity contribution is 7.15. The molecule has 0 bridgehead atoms. The molecule has 2 N–H and O–H groups in total. The first-order valence-electron chi connectivity index (χ1n) is 5.35. The van der Waals surface area contributed by atoms with Crippen molar-refractivity contribution in [2.75, 3.05) is 5.73 Å². The van der Waals surface area contributed by atoms with Crippen LogP contribution < -0.4 is 10.5 Å². The Hall–Kier alpha value is -1.62. The van der Waals surface area contributed by atoms with Crippen molar-refractivity contribution in [3.8, 4) is 5.75 Å². The number of nitrogens with two attached hydrogens (primary N) is 1. The van der Waals surface area contributed by atoms with E-state index in [0.717, 1.165) is 16.3 Å². The largest absolute Gasteiger partial charge is 0.486 e. The Morgan fingerprint density at radius 3 is 2.65 bits per heavy atom. The number of benzene rings is 1. The molecule has 4 nitrogen and oxygen atoms in total. The Balaban J connectivity index is 2.14. The third kappa shape index (κ3) is 2.74. The number of anilines is 1. The Kier molecular flexibility index (Phi) is 3.28. The SMILES string of the molecule is Cc1cc(C)c(C)c(OCc2nnc(N)s2)c1. The van der Waals surface area contributed by atoms with Gasteiger partial charge in [-0.05, 0) is 43.5 Å². The predicted molar refractivity (Wildman–Crippen MR) is 69.3 cm³/mol. The van der Waals surface area contributed by atoms with Gasteiger partial charge in [0.15, 0.2) is 5.01 Å². The first kappa shape index (κ1) is 11.9. The molecule has 2 rings (SSSR count). The summed E-state index contributed by atoms with van der Waals surface area (Å²) in [5.41, 5.74) is 9.10. The molecule has 0 aliphatic carbocycles. The highest BCUT2D eigenvalue weighted by atomic mass is 32.1. The Bertz CT molecular complexity index is 537. The van der Waals surface area contributed by atoms with Crippen LogP contribution in [-0.4, -0.2) is 10.2 Å². The number of nitrogens with zero attached hydrogens (tertiary/aromatic N) is 2. The summed E-state index contributed by atoms with van der Waals surface area (Å²) in [4.78, 5) is 0. The van der Waals surface area contributed by atoms with E-state index in [4.69, 9.17) is 10.5 Å². The maximum Gasteiger partial charge on any atom is 0.203 e. The summed E-state index contributed by atoms with van der Waals surface area (Å²) in [6.45, 7) is 6.61. The highest BCUT2D eigenvalue weighted by Crippen LogP contribution is 2.24. The molecular formula is C12H15N3OS. The molecule has 0 amide bonds. The smallest absolute Gasteiger partial charge is 0.203 e. The molecule has 1 aromatic carbocycles. The van der Waals surface area contributed by atoms with Crippen LogP contribution in [0, 0.1) is 20.8 Å². The molecule has 0 saturated carbocycles. The summed E-state index contributed by atoms with van der Waals surface area (Å²) in [5, 5.41) is 8.94. The Labute approximate surface area is 104 Å². The normalized spacial score (nSPS) is 10.5. The highest BCUT2D eigenvalue weighted by Gasteiger charge is 2.06. The molecular weight excluding hydrogens is 234 g/mol. The second-order valence-electron chi connectivity index (χ2n) is 4.03. The number of hydrogen-bond donors (Lipinski definition) is 1. The van der Waals surface area contributed by atoms with Gasteiger partial charge in [-0.3, -0.25) is 0 Å². The molecule has 90 valence electrons. The van der Waals surface area contributed by atoms with Crippen LogP contribution in [0.1, 0.15) is 21.7 Å². The molecule has 5 heteroatoms. The van der Waals surface area contributed by atoms with Crippen molar-refractivity contribution in [1.82, 2.24) is 10.2 Å². The lowest BCUT2D eigenvalue weighted by Crippen LogP contribution is -1.98. The van der Waals surface area contributed by atoms with Crippen LogP contribution in [0.3, 0.4) is 0 Å². The van der Waals surface area contributed by atoms with Crippen LogP contribution >= 0.6 is 11.3 Å². The molecule has 0 unspecified atom stereocenters. The molecule has 1 aromatic heterocycles. The number of aromatic nitrogens is 2. The molecule has 0 atom stereocenters. The van der Waals surface area contributed by atoms with Gasteiger partial charge in [-0.15, -0.1) is 10.2 Å². The minimum Gasteiger partial charge on any atom is -0.486 e. The molecule has 2 aromatic rings.